The first kappa shape index (κ1) is 31.9. The standard InChI is InChI=1S/C32H47N3O4/c1-8-9-10-11-12-15-21-35(27(36)22-33-31(38)39-32(5,6)7)29(28-24(3)18-16-19-25(28)4)30(37)34-26-20-14-13-17-23(26)2/h13-14,16-20,29H,8-12,15,21-22H2,1-7H3,(H,33,38)(H,34,37). The molecule has 0 aliphatic rings. The molecule has 2 aromatic rings. The predicted octanol–water partition coefficient (Wildman–Crippen LogP) is 7.01. The van der Waals surface area contributed by atoms with Gasteiger partial charge in [-0.25, -0.2) is 4.79 Å². The topological polar surface area (TPSA) is 87.7 Å². The Kier molecular flexibility index (Phi) is 12.5. The van der Waals surface area contributed by atoms with E-state index in [1.54, 1.807) is 25.7 Å². The number of hydrogen-bond acceptors (Lipinski definition) is 4. The number of alkyl carbamates (subject to hydrolysis) is 1. The van der Waals surface area contributed by atoms with Gasteiger partial charge in [-0.15, -0.1) is 0 Å². The van der Waals surface area contributed by atoms with E-state index < -0.39 is 17.7 Å². The van der Waals surface area contributed by atoms with Crippen molar-refractivity contribution in [3.63, 3.8) is 0 Å². The van der Waals surface area contributed by atoms with E-state index in [-0.39, 0.29) is 18.4 Å². The lowest BCUT2D eigenvalue weighted by atomic mass is 9.93. The molecule has 2 aromatic carbocycles. The van der Waals surface area contributed by atoms with Crippen LogP contribution in [0.25, 0.3) is 0 Å². The second-order valence-corrected chi connectivity index (χ2v) is 11.2. The first-order chi connectivity index (χ1) is 18.4. The summed E-state index contributed by atoms with van der Waals surface area (Å²) in [5.41, 5.74) is 3.63. The smallest absolute Gasteiger partial charge is 0.408 e. The van der Waals surface area contributed by atoms with Crippen LogP contribution in [0.15, 0.2) is 42.5 Å². The number of anilines is 1. The van der Waals surface area contributed by atoms with Gasteiger partial charge in [0.2, 0.25) is 5.91 Å². The Bertz CT molecular complexity index is 1090. The molecule has 0 saturated carbocycles. The molecular weight excluding hydrogens is 490 g/mol. The van der Waals surface area contributed by atoms with Crippen molar-refractivity contribution in [2.45, 2.75) is 98.6 Å². The average Bonchev–Trinajstić information content (AvgIpc) is 2.85. The third-order valence-electron chi connectivity index (χ3n) is 6.63. The Balaban J connectivity index is 2.41. The minimum atomic E-state index is -0.852. The number of ether oxygens (including phenoxy) is 1. The fourth-order valence-corrected chi connectivity index (χ4v) is 4.63. The zero-order valence-corrected chi connectivity index (χ0v) is 24.9. The summed E-state index contributed by atoms with van der Waals surface area (Å²) in [5, 5.41) is 5.65. The maximum atomic E-state index is 14.0. The number of hydrogen-bond donors (Lipinski definition) is 2. The summed E-state index contributed by atoms with van der Waals surface area (Å²) in [6.45, 7) is 13.5. The van der Waals surface area contributed by atoms with Gasteiger partial charge in [0.15, 0.2) is 0 Å². The number of nitrogens with zero attached hydrogens (tertiary/aromatic N) is 1. The first-order valence-electron chi connectivity index (χ1n) is 14.1. The molecule has 7 nitrogen and oxygen atoms in total. The molecule has 2 rings (SSSR count). The maximum Gasteiger partial charge on any atom is 0.408 e. The molecule has 2 N–H and O–H groups in total. The third kappa shape index (κ3) is 10.4. The van der Waals surface area contributed by atoms with Crippen LogP contribution in [-0.4, -0.2) is 41.5 Å². The first-order valence-corrected chi connectivity index (χ1v) is 14.1. The zero-order chi connectivity index (χ0) is 29.0. The van der Waals surface area contributed by atoms with Crippen LogP contribution in [0, 0.1) is 20.8 Å². The van der Waals surface area contributed by atoms with Crippen molar-refractivity contribution >= 4 is 23.6 Å². The van der Waals surface area contributed by atoms with Crippen LogP contribution in [0.5, 0.6) is 0 Å². The van der Waals surface area contributed by atoms with Crippen molar-refractivity contribution < 1.29 is 19.1 Å². The highest BCUT2D eigenvalue weighted by Gasteiger charge is 2.34. The van der Waals surface area contributed by atoms with Gasteiger partial charge in [0, 0.05) is 12.2 Å². The largest absolute Gasteiger partial charge is 0.444 e. The molecule has 0 spiro atoms. The second-order valence-electron chi connectivity index (χ2n) is 11.2. The summed E-state index contributed by atoms with van der Waals surface area (Å²) in [4.78, 5) is 41.7. The fourth-order valence-electron chi connectivity index (χ4n) is 4.63. The van der Waals surface area contributed by atoms with Crippen LogP contribution in [0.1, 0.15) is 94.5 Å². The van der Waals surface area contributed by atoms with Crippen LogP contribution in [0.2, 0.25) is 0 Å². The number of aryl methyl sites for hydroxylation is 3. The van der Waals surface area contributed by atoms with E-state index >= 15 is 0 Å². The number of carbonyl (C=O) groups excluding carboxylic acids is 3. The van der Waals surface area contributed by atoms with Gasteiger partial charge >= 0.3 is 6.09 Å². The lowest BCUT2D eigenvalue weighted by Crippen LogP contribution is -2.47. The van der Waals surface area contributed by atoms with Crippen molar-refractivity contribution in [3.05, 3.63) is 64.7 Å². The minimum absolute atomic E-state index is 0.260. The monoisotopic (exact) mass is 537 g/mol. The fraction of sp³-hybridized carbons (Fsp3) is 0.531. The van der Waals surface area contributed by atoms with Crippen molar-refractivity contribution in [3.8, 4) is 0 Å². The van der Waals surface area contributed by atoms with Gasteiger partial charge in [-0.05, 0) is 76.3 Å². The SMILES string of the molecule is CCCCCCCCN(C(=O)CNC(=O)OC(C)(C)C)C(C(=O)Nc1ccccc1C)c1c(C)cccc1C. The van der Waals surface area contributed by atoms with E-state index in [0.29, 0.717) is 12.2 Å². The maximum absolute atomic E-state index is 14.0. The Morgan fingerprint density at radius 3 is 2.05 bits per heavy atom. The molecule has 214 valence electrons. The summed E-state index contributed by atoms with van der Waals surface area (Å²) in [5.74, 6) is -0.611. The molecule has 0 saturated heterocycles. The Labute approximate surface area is 234 Å². The van der Waals surface area contributed by atoms with Crippen LogP contribution in [0.3, 0.4) is 0 Å². The molecule has 0 heterocycles. The molecule has 0 bridgehead atoms. The van der Waals surface area contributed by atoms with E-state index in [1.165, 1.54) is 6.42 Å². The molecule has 39 heavy (non-hydrogen) atoms. The zero-order valence-electron chi connectivity index (χ0n) is 24.9. The third-order valence-corrected chi connectivity index (χ3v) is 6.63. The number of carbonyl (C=O) groups is 3. The average molecular weight is 538 g/mol. The van der Waals surface area contributed by atoms with E-state index in [4.69, 9.17) is 4.74 Å². The molecular formula is C32H47N3O4. The van der Waals surface area contributed by atoms with Crippen LogP contribution >= 0.6 is 0 Å². The Hall–Kier alpha value is -3.35. The molecule has 1 unspecified atom stereocenters. The number of rotatable bonds is 13. The van der Waals surface area contributed by atoms with Crippen molar-refractivity contribution in [2.24, 2.45) is 0 Å². The number of para-hydroxylation sites is 1. The molecule has 0 aliphatic carbocycles. The van der Waals surface area contributed by atoms with E-state index in [0.717, 1.165) is 54.4 Å². The van der Waals surface area contributed by atoms with Crippen LogP contribution < -0.4 is 10.6 Å². The van der Waals surface area contributed by atoms with Crippen molar-refractivity contribution in [1.29, 1.82) is 0 Å². The highest BCUT2D eigenvalue weighted by Crippen LogP contribution is 2.30. The normalized spacial score (nSPS) is 12.0. The highest BCUT2D eigenvalue weighted by atomic mass is 16.6. The highest BCUT2D eigenvalue weighted by molar-refractivity contribution is 5.99. The molecule has 0 radical (unpaired) electrons. The minimum Gasteiger partial charge on any atom is -0.444 e. The van der Waals surface area contributed by atoms with Crippen molar-refractivity contribution in [2.75, 3.05) is 18.4 Å². The van der Waals surface area contributed by atoms with E-state index in [2.05, 4.69) is 17.6 Å². The van der Waals surface area contributed by atoms with Gasteiger partial charge in [0.25, 0.3) is 5.91 Å². The quantitative estimate of drug-likeness (QED) is 0.269. The van der Waals surface area contributed by atoms with Gasteiger partial charge in [-0.1, -0.05) is 75.4 Å². The van der Waals surface area contributed by atoms with Gasteiger partial charge in [-0.3, -0.25) is 9.59 Å². The molecule has 3 amide bonds. The van der Waals surface area contributed by atoms with E-state index in [1.807, 2.05) is 63.2 Å². The lowest BCUT2D eigenvalue weighted by Gasteiger charge is -2.33. The van der Waals surface area contributed by atoms with Crippen LogP contribution in [-0.2, 0) is 14.3 Å². The number of benzene rings is 2. The predicted molar refractivity (Wildman–Crippen MR) is 158 cm³/mol. The van der Waals surface area contributed by atoms with Crippen LogP contribution in [0.4, 0.5) is 10.5 Å². The van der Waals surface area contributed by atoms with Crippen molar-refractivity contribution in [1.82, 2.24) is 10.2 Å². The molecule has 7 heteroatoms. The van der Waals surface area contributed by atoms with Gasteiger partial charge in [0.1, 0.15) is 18.2 Å². The summed E-state index contributed by atoms with van der Waals surface area (Å²) >= 11 is 0. The second kappa shape index (κ2) is 15.3. The molecule has 0 fully saturated rings. The molecule has 1 atom stereocenters. The molecule has 0 aliphatic heterocycles. The number of amides is 3. The Morgan fingerprint density at radius 1 is 0.846 bits per heavy atom. The van der Waals surface area contributed by atoms with Gasteiger partial charge in [-0.2, -0.15) is 0 Å². The Morgan fingerprint density at radius 2 is 1.44 bits per heavy atom. The lowest BCUT2D eigenvalue weighted by molar-refractivity contribution is -0.138. The summed E-state index contributed by atoms with van der Waals surface area (Å²) in [7, 11) is 0. The van der Waals surface area contributed by atoms with Gasteiger partial charge < -0.3 is 20.3 Å². The number of unbranched alkanes of at least 4 members (excludes halogenated alkanes) is 5. The summed E-state index contributed by atoms with van der Waals surface area (Å²) in [6, 6.07) is 12.6. The van der Waals surface area contributed by atoms with Gasteiger partial charge in [0.05, 0.1) is 0 Å². The van der Waals surface area contributed by atoms with E-state index in [9.17, 15) is 14.4 Å². The summed E-state index contributed by atoms with van der Waals surface area (Å²) < 4.78 is 5.33. The summed E-state index contributed by atoms with van der Waals surface area (Å²) in [6.07, 6.45) is 5.64. The molecule has 0 aromatic heterocycles. The number of nitrogens with one attached hydrogen (secondary N) is 2.